The molecule has 5 heteroatoms. The number of hydrogen-bond donors (Lipinski definition) is 1. The summed E-state index contributed by atoms with van der Waals surface area (Å²) in [7, 11) is 0. The third-order valence-corrected chi connectivity index (χ3v) is 1.97. The molecule has 0 bridgehead atoms. The lowest BCUT2D eigenvalue weighted by Crippen LogP contribution is -2.02. The Kier molecular flexibility index (Phi) is 3.81. The van der Waals surface area contributed by atoms with Gasteiger partial charge in [0.2, 0.25) is 0 Å². The summed E-state index contributed by atoms with van der Waals surface area (Å²) >= 11 is 0. The maximum Gasteiger partial charge on any atom is 0.163 e. The first kappa shape index (κ1) is 12.2. The van der Waals surface area contributed by atoms with Gasteiger partial charge >= 0.3 is 0 Å². The zero-order valence-electron chi connectivity index (χ0n) is 8.95. The summed E-state index contributed by atoms with van der Waals surface area (Å²) in [6.07, 6.45) is 0. The molecular weight excluding hydrogens is 219 g/mol. The van der Waals surface area contributed by atoms with Gasteiger partial charge in [0.25, 0.3) is 0 Å². The summed E-state index contributed by atoms with van der Waals surface area (Å²) < 4.78 is 13.5. The van der Waals surface area contributed by atoms with Crippen LogP contribution in [0.15, 0.2) is 29.5 Å². The number of nitrogens with one attached hydrogen (secondary N) is 1. The Balaban J connectivity index is 3.16. The minimum atomic E-state index is -0.548. The molecule has 0 saturated heterocycles. The average molecular weight is 226 g/mol. The van der Waals surface area contributed by atoms with Crippen LogP contribution in [-0.4, -0.2) is 0 Å². The first-order valence-electron chi connectivity index (χ1n) is 4.60. The number of nitriles is 3. The van der Waals surface area contributed by atoms with Crippen molar-refractivity contribution in [2.75, 3.05) is 5.32 Å². The van der Waals surface area contributed by atoms with Gasteiger partial charge in [-0.15, -0.1) is 0 Å². The number of aryl methyl sites for hydroxylation is 1. The molecular formula is C12H7FN4. The lowest BCUT2D eigenvalue weighted by atomic mass is 10.2. The molecule has 0 aliphatic heterocycles. The molecule has 1 N–H and O–H groups in total. The lowest BCUT2D eigenvalue weighted by Gasteiger charge is -2.06. The van der Waals surface area contributed by atoms with Crippen molar-refractivity contribution in [2.24, 2.45) is 0 Å². The van der Waals surface area contributed by atoms with E-state index in [1.807, 2.05) is 0 Å². The Morgan fingerprint density at radius 1 is 1.18 bits per heavy atom. The molecule has 0 radical (unpaired) electrons. The standard InChI is InChI=1S/C12H7FN4/c1-8-2-3-11(10(13)4-8)17-12(7-16)9(5-14)6-15/h2-4,17H,1H3. The number of anilines is 1. The van der Waals surface area contributed by atoms with Gasteiger partial charge < -0.3 is 5.32 Å². The van der Waals surface area contributed by atoms with Crippen LogP contribution in [0.3, 0.4) is 0 Å². The van der Waals surface area contributed by atoms with Gasteiger partial charge in [0.05, 0.1) is 5.69 Å². The van der Waals surface area contributed by atoms with E-state index in [0.717, 1.165) is 5.56 Å². The van der Waals surface area contributed by atoms with E-state index in [9.17, 15) is 4.39 Å². The molecule has 0 aliphatic rings. The molecule has 0 fully saturated rings. The van der Waals surface area contributed by atoms with Gasteiger partial charge in [0.1, 0.15) is 29.7 Å². The van der Waals surface area contributed by atoms with Crippen molar-refractivity contribution in [2.45, 2.75) is 6.92 Å². The van der Waals surface area contributed by atoms with Crippen LogP contribution in [0.5, 0.6) is 0 Å². The Labute approximate surface area is 97.8 Å². The highest BCUT2D eigenvalue weighted by Crippen LogP contribution is 2.18. The van der Waals surface area contributed by atoms with E-state index in [1.54, 1.807) is 31.2 Å². The second kappa shape index (κ2) is 5.30. The molecule has 1 rings (SSSR count). The van der Waals surface area contributed by atoms with Crippen molar-refractivity contribution in [3.8, 4) is 18.2 Å². The minimum absolute atomic E-state index is 0.0511. The fraction of sp³-hybridized carbons (Fsp3) is 0.0833. The fourth-order valence-corrected chi connectivity index (χ4v) is 1.14. The van der Waals surface area contributed by atoms with Gasteiger partial charge in [0.15, 0.2) is 5.57 Å². The van der Waals surface area contributed by atoms with Crippen molar-refractivity contribution in [3.63, 3.8) is 0 Å². The zero-order chi connectivity index (χ0) is 12.8. The molecule has 82 valence electrons. The van der Waals surface area contributed by atoms with Crippen molar-refractivity contribution in [1.29, 1.82) is 15.8 Å². The topological polar surface area (TPSA) is 83.4 Å². The van der Waals surface area contributed by atoms with Crippen LogP contribution in [-0.2, 0) is 0 Å². The second-order valence-corrected chi connectivity index (χ2v) is 3.19. The molecule has 0 aliphatic carbocycles. The Bertz CT molecular complexity index is 580. The summed E-state index contributed by atoms with van der Waals surface area (Å²) in [5.74, 6) is -0.548. The van der Waals surface area contributed by atoms with Crippen LogP contribution in [0.25, 0.3) is 0 Å². The molecule has 17 heavy (non-hydrogen) atoms. The van der Waals surface area contributed by atoms with E-state index < -0.39 is 5.82 Å². The van der Waals surface area contributed by atoms with Crippen LogP contribution in [0, 0.1) is 46.7 Å². The summed E-state index contributed by atoms with van der Waals surface area (Å²) in [5.41, 5.74) is 0.136. The maximum absolute atomic E-state index is 13.5. The molecule has 0 unspecified atom stereocenters. The quantitative estimate of drug-likeness (QED) is 0.784. The molecule has 0 atom stereocenters. The fourth-order valence-electron chi connectivity index (χ4n) is 1.14. The number of benzene rings is 1. The van der Waals surface area contributed by atoms with E-state index >= 15 is 0 Å². The number of nitrogens with zero attached hydrogens (tertiary/aromatic N) is 3. The van der Waals surface area contributed by atoms with Crippen LogP contribution in [0.4, 0.5) is 10.1 Å². The third kappa shape index (κ3) is 2.81. The Morgan fingerprint density at radius 3 is 2.29 bits per heavy atom. The molecule has 4 nitrogen and oxygen atoms in total. The van der Waals surface area contributed by atoms with Crippen LogP contribution >= 0.6 is 0 Å². The van der Waals surface area contributed by atoms with E-state index in [-0.39, 0.29) is 17.0 Å². The summed E-state index contributed by atoms with van der Waals surface area (Å²) in [6.45, 7) is 1.73. The van der Waals surface area contributed by atoms with Crippen molar-refractivity contribution >= 4 is 5.69 Å². The van der Waals surface area contributed by atoms with Crippen LogP contribution in [0.2, 0.25) is 0 Å². The number of hydrogen-bond acceptors (Lipinski definition) is 4. The van der Waals surface area contributed by atoms with Crippen molar-refractivity contribution in [1.82, 2.24) is 0 Å². The van der Waals surface area contributed by atoms with E-state index in [1.165, 1.54) is 12.1 Å². The molecule has 1 aromatic rings. The Morgan fingerprint density at radius 2 is 1.82 bits per heavy atom. The first-order chi connectivity index (χ1) is 8.12. The first-order valence-corrected chi connectivity index (χ1v) is 4.60. The highest BCUT2D eigenvalue weighted by molar-refractivity contribution is 5.59. The number of rotatable bonds is 2. The molecule has 0 saturated carbocycles. The highest BCUT2D eigenvalue weighted by atomic mass is 19.1. The number of halogens is 1. The van der Waals surface area contributed by atoms with Crippen molar-refractivity contribution < 1.29 is 4.39 Å². The van der Waals surface area contributed by atoms with E-state index in [0.29, 0.717) is 0 Å². The van der Waals surface area contributed by atoms with Gasteiger partial charge in [-0.1, -0.05) is 6.07 Å². The predicted molar refractivity (Wildman–Crippen MR) is 58.6 cm³/mol. The normalized spacial score (nSPS) is 8.41. The van der Waals surface area contributed by atoms with Crippen LogP contribution < -0.4 is 5.32 Å². The van der Waals surface area contributed by atoms with Gasteiger partial charge in [-0.2, -0.15) is 15.8 Å². The monoisotopic (exact) mass is 226 g/mol. The van der Waals surface area contributed by atoms with Gasteiger partial charge in [-0.05, 0) is 24.6 Å². The Hall–Kier alpha value is -2.84. The molecule has 0 heterocycles. The molecule has 0 amide bonds. The van der Waals surface area contributed by atoms with Crippen molar-refractivity contribution in [3.05, 3.63) is 40.8 Å². The summed E-state index contributed by atoms with van der Waals surface area (Å²) in [6, 6.07) is 9.16. The van der Waals surface area contributed by atoms with Gasteiger partial charge in [-0.25, -0.2) is 4.39 Å². The SMILES string of the molecule is Cc1ccc(NC(C#N)=C(C#N)C#N)c(F)c1. The minimum Gasteiger partial charge on any atom is -0.343 e. The largest absolute Gasteiger partial charge is 0.343 e. The molecule has 0 spiro atoms. The number of allylic oxidation sites excluding steroid dienone is 2. The zero-order valence-corrected chi connectivity index (χ0v) is 8.95. The third-order valence-electron chi connectivity index (χ3n) is 1.97. The van der Waals surface area contributed by atoms with E-state index in [4.69, 9.17) is 15.8 Å². The smallest absolute Gasteiger partial charge is 0.163 e. The predicted octanol–water partition coefficient (Wildman–Crippen LogP) is 2.37. The maximum atomic E-state index is 13.5. The highest BCUT2D eigenvalue weighted by Gasteiger charge is 2.08. The summed E-state index contributed by atoms with van der Waals surface area (Å²) in [4.78, 5) is 0. The molecule has 0 aromatic heterocycles. The second-order valence-electron chi connectivity index (χ2n) is 3.19. The van der Waals surface area contributed by atoms with Crippen LogP contribution in [0.1, 0.15) is 5.56 Å². The molecule has 1 aromatic carbocycles. The average Bonchev–Trinajstić information content (AvgIpc) is 2.32. The van der Waals surface area contributed by atoms with Gasteiger partial charge in [-0.3, -0.25) is 0 Å². The lowest BCUT2D eigenvalue weighted by molar-refractivity contribution is 0.630. The summed E-state index contributed by atoms with van der Waals surface area (Å²) in [5, 5.41) is 28.4. The van der Waals surface area contributed by atoms with E-state index in [2.05, 4.69) is 5.32 Å². The van der Waals surface area contributed by atoms with Gasteiger partial charge in [0, 0.05) is 0 Å².